The van der Waals surface area contributed by atoms with Crippen LogP contribution in [0, 0.1) is 6.92 Å². The molecule has 0 bridgehead atoms. The number of halogens is 3. The minimum atomic E-state index is -4.25. The summed E-state index contributed by atoms with van der Waals surface area (Å²) in [4.78, 5) is 27.9. The maximum absolute atomic E-state index is 13.8. The quantitative estimate of drug-likeness (QED) is 0.325. The lowest BCUT2D eigenvalue weighted by molar-refractivity contribution is -0.139. The van der Waals surface area contributed by atoms with Crippen LogP contribution in [-0.2, 0) is 26.2 Å². The van der Waals surface area contributed by atoms with Gasteiger partial charge in [0.15, 0.2) is 0 Å². The van der Waals surface area contributed by atoms with Crippen LogP contribution in [0.3, 0.4) is 0 Å². The molecule has 202 valence electrons. The van der Waals surface area contributed by atoms with Crippen LogP contribution in [0.25, 0.3) is 0 Å². The Morgan fingerprint density at radius 2 is 1.63 bits per heavy atom. The number of carbonyl (C=O) groups is 2. The van der Waals surface area contributed by atoms with Crippen molar-refractivity contribution < 1.29 is 18.0 Å². The molecule has 3 aromatic rings. The average molecular weight is 597 g/mol. The van der Waals surface area contributed by atoms with E-state index in [4.69, 9.17) is 34.8 Å². The maximum atomic E-state index is 13.8. The van der Waals surface area contributed by atoms with E-state index in [0.29, 0.717) is 17.1 Å². The number of aryl methyl sites for hydroxylation is 1. The number of nitrogens with one attached hydrogen (secondary N) is 1. The Morgan fingerprint density at radius 3 is 2.26 bits per heavy atom. The van der Waals surface area contributed by atoms with Crippen LogP contribution >= 0.6 is 34.8 Å². The van der Waals surface area contributed by atoms with E-state index in [9.17, 15) is 18.0 Å². The fourth-order valence-corrected chi connectivity index (χ4v) is 5.86. The summed E-state index contributed by atoms with van der Waals surface area (Å²) in [6.45, 7) is 4.96. The highest BCUT2D eigenvalue weighted by molar-refractivity contribution is 7.92. The number of amides is 2. The molecule has 3 aromatic carbocycles. The number of sulfonamides is 1. The molecule has 0 heterocycles. The third-order valence-electron chi connectivity index (χ3n) is 5.85. The first-order chi connectivity index (χ1) is 17.9. The first-order valence-corrected chi connectivity index (χ1v) is 14.4. The number of hydrogen-bond acceptors (Lipinski definition) is 4. The molecule has 0 saturated carbocycles. The molecule has 3 rings (SSSR count). The molecule has 0 radical (unpaired) electrons. The fraction of sp³-hybridized carbons (Fsp3) is 0.259. The zero-order chi connectivity index (χ0) is 28.0. The summed E-state index contributed by atoms with van der Waals surface area (Å²) in [5.41, 5.74) is 1.59. The predicted molar refractivity (Wildman–Crippen MR) is 152 cm³/mol. The van der Waals surface area contributed by atoms with Crippen molar-refractivity contribution in [2.75, 3.05) is 17.4 Å². The summed E-state index contributed by atoms with van der Waals surface area (Å²) in [6.07, 6.45) is 0. The minimum Gasteiger partial charge on any atom is -0.355 e. The molecular weight excluding hydrogens is 569 g/mol. The first-order valence-electron chi connectivity index (χ1n) is 11.8. The molecule has 2 amide bonds. The van der Waals surface area contributed by atoms with E-state index in [1.54, 1.807) is 56.3 Å². The predicted octanol–water partition coefficient (Wildman–Crippen LogP) is 5.70. The maximum Gasteiger partial charge on any atom is 0.264 e. The van der Waals surface area contributed by atoms with Crippen molar-refractivity contribution in [3.63, 3.8) is 0 Å². The summed E-state index contributed by atoms with van der Waals surface area (Å²) in [6, 6.07) is 16.8. The van der Waals surface area contributed by atoms with Gasteiger partial charge in [-0.25, -0.2) is 8.42 Å². The number of carbonyl (C=O) groups excluding carboxylic acids is 2. The van der Waals surface area contributed by atoms with Crippen molar-refractivity contribution >= 4 is 62.3 Å². The van der Waals surface area contributed by atoms with Crippen molar-refractivity contribution in [1.29, 1.82) is 0 Å². The molecular formula is C27H28Cl3N3O4S. The van der Waals surface area contributed by atoms with Crippen LogP contribution < -0.4 is 9.62 Å². The Balaban J connectivity index is 2.08. The smallest absolute Gasteiger partial charge is 0.264 e. The summed E-state index contributed by atoms with van der Waals surface area (Å²) < 4.78 is 28.6. The van der Waals surface area contributed by atoms with E-state index in [0.717, 1.165) is 9.87 Å². The Labute approximate surface area is 238 Å². The average Bonchev–Trinajstić information content (AvgIpc) is 2.87. The van der Waals surface area contributed by atoms with E-state index >= 15 is 0 Å². The molecule has 0 aliphatic heterocycles. The van der Waals surface area contributed by atoms with Crippen LogP contribution in [-0.4, -0.2) is 44.3 Å². The van der Waals surface area contributed by atoms with E-state index in [-0.39, 0.29) is 33.1 Å². The molecule has 0 saturated heterocycles. The topological polar surface area (TPSA) is 86.8 Å². The number of benzene rings is 3. The van der Waals surface area contributed by atoms with Crippen molar-refractivity contribution in [3.05, 3.63) is 92.9 Å². The SMILES string of the molecule is CCNC(=O)[C@H](C)N(Cc1cccc(Cl)c1)C(=O)CN(c1cccc(Cl)c1Cl)S(=O)(=O)c1ccc(C)cc1. The van der Waals surface area contributed by atoms with E-state index < -0.39 is 28.5 Å². The molecule has 1 atom stereocenters. The van der Waals surface area contributed by atoms with Crippen LogP contribution in [0.4, 0.5) is 5.69 Å². The number of nitrogens with zero attached hydrogens (tertiary/aromatic N) is 2. The van der Waals surface area contributed by atoms with Crippen LogP contribution in [0.15, 0.2) is 71.6 Å². The molecule has 0 aromatic heterocycles. The second kappa shape index (κ2) is 12.8. The molecule has 1 N–H and O–H groups in total. The molecule has 0 aliphatic rings. The number of likely N-dealkylation sites (N-methyl/N-ethyl adjacent to an activating group) is 1. The van der Waals surface area contributed by atoms with Crippen LogP contribution in [0.1, 0.15) is 25.0 Å². The zero-order valence-corrected chi connectivity index (χ0v) is 24.2. The number of anilines is 1. The fourth-order valence-electron chi connectivity index (χ4n) is 3.77. The third-order valence-corrected chi connectivity index (χ3v) is 8.67. The standard InChI is InChI=1S/C27H28Cl3N3O4S/c1-4-31-27(35)19(3)32(16-20-7-5-8-21(28)15-20)25(34)17-33(24-10-6-9-23(29)26(24)30)38(36,37)22-13-11-18(2)12-14-22/h5-15,19H,4,16-17H2,1-3H3,(H,31,35)/t19-/m0/s1. The van der Waals surface area contributed by atoms with Gasteiger partial charge in [0, 0.05) is 18.1 Å². The van der Waals surface area contributed by atoms with Crippen molar-refractivity contribution in [2.24, 2.45) is 0 Å². The second-order valence-electron chi connectivity index (χ2n) is 8.62. The highest BCUT2D eigenvalue weighted by atomic mass is 35.5. The largest absolute Gasteiger partial charge is 0.355 e. The summed E-state index contributed by atoms with van der Waals surface area (Å²) in [7, 11) is -4.25. The van der Waals surface area contributed by atoms with Gasteiger partial charge in [-0.2, -0.15) is 0 Å². The lowest BCUT2D eigenvalue weighted by atomic mass is 10.1. The van der Waals surface area contributed by atoms with E-state index in [1.165, 1.54) is 29.2 Å². The van der Waals surface area contributed by atoms with E-state index in [1.807, 2.05) is 6.92 Å². The van der Waals surface area contributed by atoms with Gasteiger partial charge in [0.05, 0.1) is 20.6 Å². The van der Waals surface area contributed by atoms with Gasteiger partial charge in [-0.1, -0.05) is 70.7 Å². The molecule has 0 spiro atoms. The van der Waals surface area contributed by atoms with Gasteiger partial charge >= 0.3 is 0 Å². The van der Waals surface area contributed by atoms with E-state index in [2.05, 4.69) is 5.32 Å². The highest BCUT2D eigenvalue weighted by Crippen LogP contribution is 2.35. The van der Waals surface area contributed by atoms with Gasteiger partial charge in [0.1, 0.15) is 12.6 Å². The molecule has 0 fully saturated rings. The van der Waals surface area contributed by atoms with Crippen molar-refractivity contribution in [1.82, 2.24) is 10.2 Å². The summed E-state index contributed by atoms with van der Waals surface area (Å²) in [5.74, 6) is -0.993. The van der Waals surface area contributed by atoms with Gasteiger partial charge in [-0.05, 0) is 62.7 Å². The summed E-state index contributed by atoms with van der Waals surface area (Å²) >= 11 is 18.8. The van der Waals surface area contributed by atoms with Gasteiger partial charge in [-0.3, -0.25) is 13.9 Å². The second-order valence-corrected chi connectivity index (χ2v) is 11.7. The normalized spacial score (nSPS) is 12.1. The van der Waals surface area contributed by atoms with Crippen molar-refractivity contribution in [3.8, 4) is 0 Å². The van der Waals surface area contributed by atoms with Gasteiger partial charge in [0.25, 0.3) is 10.0 Å². The number of hydrogen-bond donors (Lipinski definition) is 1. The Bertz CT molecular complexity index is 1420. The molecule has 38 heavy (non-hydrogen) atoms. The molecule has 0 unspecified atom stereocenters. The minimum absolute atomic E-state index is 0.0178. The van der Waals surface area contributed by atoms with Gasteiger partial charge in [-0.15, -0.1) is 0 Å². The van der Waals surface area contributed by atoms with Crippen LogP contribution in [0.2, 0.25) is 15.1 Å². The first kappa shape index (κ1) is 29.8. The molecule has 11 heteroatoms. The Kier molecular flexibility index (Phi) is 10.1. The molecule has 7 nitrogen and oxygen atoms in total. The monoisotopic (exact) mass is 595 g/mol. The Hall–Kier alpha value is -2.78. The number of rotatable bonds is 10. The lowest BCUT2D eigenvalue weighted by Gasteiger charge is -2.32. The lowest BCUT2D eigenvalue weighted by Crippen LogP contribution is -2.51. The highest BCUT2D eigenvalue weighted by Gasteiger charge is 2.33. The van der Waals surface area contributed by atoms with Gasteiger partial charge < -0.3 is 10.2 Å². The third kappa shape index (κ3) is 6.99. The van der Waals surface area contributed by atoms with Crippen LogP contribution in [0.5, 0.6) is 0 Å². The molecule has 0 aliphatic carbocycles. The summed E-state index contributed by atoms with van der Waals surface area (Å²) in [5, 5.41) is 3.29. The zero-order valence-electron chi connectivity index (χ0n) is 21.1. The van der Waals surface area contributed by atoms with Gasteiger partial charge in [0.2, 0.25) is 11.8 Å². The Morgan fingerprint density at radius 1 is 0.974 bits per heavy atom. The van der Waals surface area contributed by atoms with Crippen molar-refractivity contribution in [2.45, 2.75) is 38.3 Å².